The lowest BCUT2D eigenvalue weighted by Gasteiger charge is -2.39. The third-order valence-electron chi connectivity index (χ3n) is 4.29. The van der Waals surface area contributed by atoms with Crippen molar-refractivity contribution >= 4 is 29.0 Å². The minimum absolute atomic E-state index is 0.0858. The van der Waals surface area contributed by atoms with Crippen LogP contribution in [0.5, 0.6) is 5.75 Å². The summed E-state index contributed by atoms with van der Waals surface area (Å²) in [4.78, 5) is 26.9. The van der Waals surface area contributed by atoms with E-state index in [2.05, 4.69) is 25.4 Å². The first-order valence-electron chi connectivity index (χ1n) is 8.20. The molecule has 10 heteroatoms. The SMILES string of the molecule is COc1ccc(Cl)cc1NC(=O)C1CN(c2cc(-n3cncn3)ncn2)C1. The maximum atomic E-state index is 12.5. The topological polar surface area (TPSA) is 98.1 Å². The van der Waals surface area contributed by atoms with Crippen molar-refractivity contribution in [2.75, 3.05) is 30.4 Å². The summed E-state index contributed by atoms with van der Waals surface area (Å²) in [6.45, 7) is 1.12. The van der Waals surface area contributed by atoms with E-state index in [0.29, 0.717) is 35.4 Å². The molecular formula is C17H16ClN7O2. The normalized spacial score (nSPS) is 13.9. The Balaban J connectivity index is 1.40. The Bertz CT molecular complexity index is 958. The van der Waals surface area contributed by atoms with Crippen molar-refractivity contribution in [2.24, 2.45) is 5.92 Å². The van der Waals surface area contributed by atoms with Crippen LogP contribution in [0.3, 0.4) is 0 Å². The van der Waals surface area contributed by atoms with E-state index in [9.17, 15) is 4.79 Å². The van der Waals surface area contributed by atoms with Crippen molar-refractivity contribution in [3.8, 4) is 11.6 Å². The number of nitrogens with zero attached hydrogens (tertiary/aromatic N) is 6. The molecule has 0 unspecified atom stereocenters. The molecule has 3 aromatic rings. The summed E-state index contributed by atoms with van der Waals surface area (Å²) in [5.41, 5.74) is 0.559. The van der Waals surface area contributed by atoms with Gasteiger partial charge in [0.15, 0.2) is 5.82 Å². The predicted octanol–water partition coefficient (Wildman–Crippen LogP) is 1.79. The number of ether oxygens (including phenoxy) is 1. The minimum Gasteiger partial charge on any atom is -0.495 e. The molecule has 1 N–H and O–H groups in total. The van der Waals surface area contributed by atoms with Gasteiger partial charge in [-0.15, -0.1) is 0 Å². The van der Waals surface area contributed by atoms with Crippen LogP contribution in [0.1, 0.15) is 0 Å². The van der Waals surface area contributed by atoms with Gasteiger partial charge >= 0.3 is 0 Å². The van der Waals surface area contributed by atoms with Gasteiger partial charge in [-0.05, 0) is 18.2 Å². The highest BCUT2D eigenvalue weighted by atomic mass is 35.5. The maximum Gasteiger partial charge on any atom is 0.231 e. The zero-order valence-corrected chi connectivity index (χ0v) is 15.2. The van der Waals surface area contributed by atoms with E-state index in [0.717, 1.165) is 5.82 Å². The summed E-state index contributed by atoms with van der Waals surface area (Å²) < 4.78 is 6.81. The van der Waals surface area contributed by atoms with E-state index >= 15 is 0 Å². The second kappa shape index (κ2) is 7.20. The smallest absolute Gasteiger partial charge is 0.231 e. The van der Waals surface area contributed by atoms with Crippen LogP contribution in [0.15, 0.2) is 43.2 Å². The Morgan fingerprint density at radius 1 is 1.22 bits per heavy atom. The molecule has 1 aliphatic heterocycles. The summed E-state index contributed by atoms with van der Waals surface area (Å²) in [5.74, 6) is 1.68. The van der Waals surface area contributed by atoms with Crippen molar-refractivity contribution in [1.29, 1.82) is 0 Å². The van der Waals surface area contributed by atoms with Gasteiger partial charge in [-0.1, -0.05) is 11.6 Å². The van der Waals surface area contributed by atoms with Gasteiger partial charge in [0.2, 0.25) is 5.91 Å². The summed E-state index contributed by atoms with van der Waals surface area (Å²) in [6, 6.07) is 6.91. The van der Waals surface area contributed by atoms with Gasteiger partial charge in [0.05, 0.1) is 18.7 Å². The van der Waals surface area contributed by atoms with Gasteiger partial charge in [-0.25, -0.2) is 19.6 Å². The van der Waals surface area contributed by atoms with Gasteiger partial charge in [0, 0.05) is 24.2 Å². The molecule has 0 spiro atoms. The molecule has 9 nitrogen and oxygen atoms in total. The summed E-state index contributed by atoms with van der Waals surface area (Å²) in [5, 5.41) is 7.46. The van der Waals surface area contributed by atoms with Gasteiger partial charge < -0.3 is 15.0 Å². The third kappa shape index (κ3) is 3.54. The lowest BCUT2D eigenvalue weighted by Crippen LogP contribution is -2.52. The van der Waals surface area contributed by atoms with Crippen molar-refractivity contribution < 1.29 is 9.53 Å². The van der Waals surface area contributed by atoms with Crippen molar-refractivity contribution in [1.82, 2.24) is 24.7 Å². The van der Waals surface area contributed by atoms with E-state index in [1.165, 1.54) is 12.7 Å². The molecule has 1 amide bonds. The zero-order valence-electron chi connectivity index (χ0n) is 14.4. The number of carbonyl (C=O) groups excluding carboxylic acids is 1. The first kappa shape index (κ1) is 17.2. The third-order valence-corrected chi connectivity index (χ3v) is 4.52. The van der Waals surface area contributed by atoms with Crippen LogP contribution in [0.25, 0.3) is 5.82 Å². The molecule has 1 fully saturated rings. The summed E-state index contributed by atoms with van der Waals surface area (Å²) in [6.07, 6.45) is 4.48. The van der Waals surface area contributed by atoms with Crippen LogP contribution in [0.4, 0.5) is 11.5 Å². The Morgan fingerprint density at radius 3 is 2.78 bits per heavy atom. The second-order valence-electron chi connectivity index (χ2n) is 6.01. The van der Waals surface area contributed by atoms with E-state index < -0.39 is 0 Å². The molecule has 4 rings (SSSR count). The molecule has 0 atom stereocenters. The first-order chi connectivity index (χ1) is 13.1. The summed E-state index contributed by atoms with van der Waals surface area (Å²) in [7, 11) is 1.55. The molecule has 1 saturated heterocycles. The molecule has 0 radical (unpaired) electrons. The number of carbonyl (C=O) groups is 1. The number of hydrogen-bond acceptors (Lipinski definition) is 7. The lowest BCUT2D eigenvalue weighted by atomic mass is 9.99. The van der Waals surface area contributed by atoms with E-state index in [1.807, 2.05) is 11.0 Å². The average molecular weight is 386 g/mol. The molecule has 1 aliphatic rings. The number of methoxy groups -OCH3 is 1. The maximum absolute atomic E-state index is 12.5. The van der Waals surface area contributed by atoms with Gasteiger partial charge in [-0.2, -0.15) is 5.10 Å². The van der Waals surface area contributed by atoms with Crippen LogP contribution in [-0.4, -0.2) is 50.8 Å². The standard InChI is InChI=1S/C17H16ClN7O2/c1-27-14-3-2-12(18)4-13(14)23-17(26)11-6-24(7-11)15-5-16(21-9-20-15)25-10-19-8-22-25/h2-5,8-11H,6-7H2,1H3,(H,23,26). The number of rotatable bonds is 5. The molecule has 27 heavy (non-hydrogen) atoms. The molecular weight excluding hydrogens is 370 g/mol. The largest absolute Gasteiger partial charge is 0.495 e. The fraction of sp³-hybridized carbons (Fsp3) is 0.235. The highest BCUT2D eigenvalue weighted by molar-refractivity contribution is 6.31. The highest BCUT2D eigenvalue weighted by Crippen LogP contribution is 2.30. The molecule has 1 aromatic carbocycles. The van der Waals surface area contributed by atoms with Crippen molar-refractivity contribution in [3.63, 3.8) is 0 Å². The Morgan fingerprint density at radius 2 is 2.04 bits per heavy atom. The number of hydrogen-bond donors (Lipinski definition) is 1. The Hall–Kier alpha value is -3.20. The number of benzene rings is 1. The number of halogens is 1. The first-order valence-corrected chi connectivity index (χ1v) is 8.58. The molecule has 138 valence electrons. The average Bonchev–Trinajstić information content (AvgIpc) is 3.16. The number of nitrogens with one attached hydrogen (secondary N) is 1. The van der Waals surface area contributed by atoms with Gasteiger partial charge in [0.1, 0.15) is 30.5 Å². The molecule has 0 saturated carbocycles. The quantitative estimate of drug-likeness (QED) is 0.714. The van der Waals surface area contributed by atoms with E-state index in [1.54, 1.807) is 36.3 Å². The Kier molecular flexibility index (Phi) is 4.59. The Labute approximate surface area is 160 Å². The molecule has 0 bridgehead atoms. The molecule has 2 aromatic heterocycles. The number of anilines is 2. The van der Waals surface area contributed by atoms with Crippen LogP contribution < -0.4 is 15.0 Å². The van der Waals surface area contributed by atoms with E-state index in [-0.39, 0.29) is 11.8 Å². The number of aromatic nitrogens is 5. The lowest BCUT2D eigenvalue weighted by molar-refractivity contribution is -0.120. The fourth-order valence-electron chi connectivity index (χ4n) is 2.81. The predicted molar refractivity (Wildman–Crippen MR) is 99.3 cm³/mol. The molecule has 0 aliphatic carbocycles. The van der Waals surface area contributed by atoms with E-state index in [4.69, 9.17) is 16.3 Å². The van der Waals surface area contributed by atoms with Crippen LogP contribution >= 0.6 is 11.6 Å². The zero-order chi connectivity index (χ0) is 18.8. The summed E-state index contributed by atoms with van der Waals surface area (Å²) >= 11 is 6.00. The fourth-order valence-corrected chi connectivity index (χ4v) is 2.98. The van der Waals surface area contributed by atoms with Crippen molar-refractivity contribution in [3.05, 3.63) is 48.3 Å². The van der Waals surface area contributed by atoms with Crippen LogP contribution in [0, 0.1) is 5.92 Å². The van der Waals surface area contributed by atoms with Crippen LogP contribution in [0.2, 0.25) is 5.02 Å². The minimum atomic E-state index is -0.154. The van der Waals surface area contributed by atoms with Crippen LogP contribution in [-0.2, 0) is 4.79 Å². The monoisotopic (exact) mass is 385 g/mol. The van der Waals surface area contributed by atoms with Gasteiger partial charge in [0.25, 0.3) is 0 Å². The molecule has 3 heterocycles. The highest BCUT2D eigenvalue weighted by Gasteiger charge is 2.34. The second-order valence-corrected chi connectivity index (χ2v) is 6.45. The number of amides is 1. The van der Waals surface area contributed by atoms with Gasteiger partial charge in [-0.3, -0.25) is 4.79 Å². The van der Waals surface area contributed by atoms with Crippen molar-refractivity contribution in [2.45, 2.75) is 0 Å².